The fourth-order valence-electron chi connectivity index (χ4n) is 5.04. The number of halogens is 1. The average Bonchev–Trinajstić information content (AvgIpc) is 3.45. The second kappa shape index (κ2) is 8.69. The lowest BCUT2D eigenvalue weighted by Gasteiger charge is -2.47. The molecule has 36 heavy (non-hydrogen) atoms. The Morgan fingerprint density at radius 2 is 1.83 bits per heavy atom. The number of aliphatic hydroxyl groups is 1. The molecule has 1 aliphatic carbocycles. The molecular weight excluding hydrogens is 461 g/mol. The van der Waals surface area contributed by atoms with Crippen LogP contribution in [0.2, 0.25) is 0 Å². The van der Waals surface area contributed by atoms with Gasteiger partial charge in [0.1, 0.15) is 17.4 Å². The maximum atomic E-state index is 13.6. The van der Waals surface area contributed by atoms with Gasteiger partial charge in [0.05, 0.1) is 11.2 Å². The molecule has 0 spiro atoms. The van der Waals surface area contributed by atoms with E-state index in [-0.39, 0.29) is 28.8 Å². The molecular formula is C28H32FN3O4. The molecule has 1 saturated heterocycles. The molecule has 3 aromatic rings. The van der Waals surface area contributed by atoms with E-state index in [4.69, 9.17) is 9.40 Å². The normalized spacial score (nSPS) is 19.4. The molecule has 0 bridgehead atoms. The van der Waals surface area contributed by atoms with Gasteiger partial charge in [0, 0.05) is 36.8 Å². The summed E-state index contributed by atoms with van der Waals surface area (Å²) in [7, 11) is 0. The quantitative estimate of drug-likeness (QED) is 0.565. The Balaban J connectivity index is 1.48. The summed E-state index contributed by atoms with van der Waals surface area (Å²) in [5, 5.41) is 9.99. The minimum atomic E-state index is -1.03. The zero-order valence-electron chi connectivity index (χ0n) is 21.2. The maximum absolute atomic E-state index is 13.6. The lowest BCUT2D eigenvalue weighted by atomic mass is 9.96. The maximum Gasteiger partial charge on any atom is 0.290 e. The highest BCUT2D eigenvalue weighted by molar-refractivity contribution is 5.97. The van der Waals surface area contributed by atoms with Crippen molar-refractivity contribution >= 4 is 22.9 Å². The largest absolute Gasteiger partial charge is 0.449 e. The number of carbonyl (C=O) groups excluding carboxylic acids is 2. The first kappa shape index (κ1) is 24.4. The standard InChI is InChI=1S/C28H32FN3O4/c1-5-22(33)25(34)31-12-13-32(27(2,3)16-31)26(35)23-15-21-24(36-23)19(28(4)10-11-28)14-20(30-21)17-6-8-18(29)9-7-17/h6-9,14-15,22,33H,5,10-13,16H2,1-4H3/t22-/m0/s1. The molecule has 0 unspecified atom stereocenters. The first-order chi connectivity index (χ1) is 17.0. The van der Waals surface area contributed by atoms with Crippen molar-refractivity contribution in [1.29, 1.82) is 0 Å². The Morgan fingerprint density at radius 3 is 2.44 bits per heavy atom. The van der Waals surface area contributed by atoms with Crippen molar-refractivity contribution in [2.45, 2.75) is 64.0 Å². The second-order valence-corrected chi connectivity index (χ2v) is 10.9. The third-order valence-electron chi connectivity index (χ3n) is 7.61. The van der Waals surface area contributed by atoms with Crippen LogP contribution in [0.25, 0.3) is 22.4 Å². The first-order valence-electron chi connectivity index (χ1n) is 12.5. The summed E-state index contributed by atoms with van der Waals surface area (Å²) < 4.78 is 19.7. The van der Waals surface area contributed by atoms with Crippen molar-refractivity contribution in [2.24, 2.45) is 0 Å². The SMILES string of the molecule is CC[C@H](O)C(=O)N1CCN(C(=O)c2cc3nc(-c4ccc(F)cc4)cc(C4(C)CC4)c3o2)C(C)(C)C1. The molecule has 7 nitrogen and oxygen atoms in total. The van der Waals surface area contributed by atoms with Gasteiger partial charge < -0.3 is 19.3 Å². The number of piperazine rings is 1. The number of benzene rings is 1. The molecule has 2 fully saturated rings. The minimum Gasteiger partial charge on any atom is -0.449 e. The van der Waals surface area contributed by atoms with Crippen molar-refractivity contribution in [3.8, 4) is 11.3 Å². The van der Waals surface area contributed by atoms with Crippen LogP contribution < -0.4 is 0 Å². The van der Waals surface area contributed by atoms with Crippen molar-refractivity contribution in [3.63, 3.8) is 0 Å². The lowest BCUT2D eigenvalue weighted by molar-refractivity contribution is -0.144. The van der Waals surface area contributed by atoms with E-state index in [1.807, 2.05) is 19.9 Å². The number of aromatic nitrogens is 1. The summed E-state index contributed by atoms with van der Waals surface area (Å²) in [4.78, 5) is 34.3. The van der Waals surface area contributed by atoms with Gasteiger partial charge >= 0.3 is 0 Å². The zero-order chi connectivity index (χ0) is 25.8. The number of hydrogen-bond donors (Lipinski definition) is 1. The van der Waals surface area contributed by atoms with Gasteiger partial charge in [0.2, 0.25) is 0 Å². The monoisotopic (exact) mass is 493 g/mol. The first-order valence-corrected chi connectivity index (χ1v) is 12.5. The van der Waals surface area contributed by atoms with E-state index >= 15 is 0 Å². The van der Waals surface area contributed by atoms with Crippen LogP contribution in [-0.2, 0) is 10.2 Å². The van der Waals surface area contributed by atoms with E-state index in [0.29, 0.717) is 42.8 Å². The number of rotatable bonds is 5. The Morgan fingerprint density at radius 1 is 1.14 bits per heavy atom. The number of aliphatic hydroxyl groups excluding tert-OH is 1. The highest BCUT2D eigenvalue weighted by Gasteiger charge is 2.43. The van der Waals surface area contributed by atoms with E-state index in [1.165, 1.54) is 12.1 Å². The molecule has 1 saturated carbocycles. The molecule has 2 amide bonds. The molecule has 2 aliphatic rings. The minimum absolute atomic E-state index is 0.0422. The van der Waals surface area contributed by atoms with E-state index in [9.17, 15) is 19.1 Å². The van der Waals surface area contributed by atoms with Gasteiger partial charge in [-0.2, -0.15) is 0 Å². The van der Waals surface area contributed by atoms with E-state index < -0.39 is 11.6 Å². The number of fused-ring (bicyclic) bond motifs is 1. The number of amides is 2. The van der Waals surface area contributed by atoms with Crippen molar-refractivity contribution < 1.29 is 23.5 Å². The van der Waals surface area contributed by atoms with Crippen LogP contribution >= 0.6 is 0 Å². The molecule has 0 radical (unpaired) electrons. The summed E-state index contributed by atoms with van der Waals surface area (Å²) in [5.74, 6) is -0.655. The number of hydrogen-bond acceptors (Lipinski definition) is 5. The van der Waals surface area contributed by atoms with E-state index in [2.05, 4.69) is 6.92 Å². The van der Waals surface area contributed by atoms with Gasteiger partial charge in [-0.3, -0.25) is 9.59 Å². The number of carbonyl (C=O) groups is 2. The Labute approximate surface area is 209 Å². The highest BCUT2D eigenvalue weighted by Crippen LogP contribution is 2.50. The van der Waals surface area contributed by atoms with Crippen LogP contribution in [0.1, 0.15) is 63.1 Å². The molecule has 3 heterocycles. The Bertz CT molecular complexity index is 1330. The summed E-state index contributed by atoms with van der Waals surface area (Å²) >= 11 is 0. The molecule has 5 rings (SSSR count). The fourth-order valence-corrected chi connectivity index (χ4v) is 5.04. The van der Waals surface area contributed by atoms with Gasteiger partial charge in [0.25, 0.3) is 11.8 Å². The molecule has 190 valence electrons. The number of pyridine rings is 1. The van der Waals surface area contributed by atoms with Crippen LogP contribution in [0.5, 0.6) is 0 Å². The van der Waals surface area contributed by atoms with Crippen LogP contribution in [0.4, 0.5) is 4.39 Å². The number of nitrogens with zero attached hydrogens (tertiary/aromatic N) is 3. The third-order valence-corrected chi connectivity index (χ3v) is 7.61. The zero-order valence-corrected chi connectivity index (χ0v) is 21.2. The topological polar surface area (TPSA) is 86.9 Å². The predicted molar refractivity (Wildman–Crippen MR) is 134 cm³/mol. The molecule has 1 atom stereocenters. The molecule has 1 aliphatic heterocycles. The van der Waals surface area contributed by atoms with Crippen molar-refractivity contribution in [1.82, 2.24) is 14.8 Å². The third kappa shape index (κ3) is 4.28. The summed E-state index contributed by atoms with van der Waals surface area (Å²) in [6.07, 6.45) is 1.37. The van der Waals surface area contributed by atoms with E-state index in [1.54, 1.807) is 34.9 Å². The second-order valence-electron chi connectivity index (χ2n) is 10.9. The lowest BCUT2D eigenvalue weighted by Crippen LogP contribution is -2.63. The predicted octanol–water partition coefficient (Wildman–Crippen LogP) is 4.52. The highest BCUT2D eigenvalue weighted by atomic mass is 19.1. The average molecular weight is 494 g/mol. The number of furan rings is 1. The van der Waals surface area contributed by atoms with Crippen LogP contribution in [0.3, 0.4) is 0 Å². The van der Waals surface area contributed by atoms with Gasteiger partial charge in [-0.15, -0.1) is 0 Å². The smallest absolute Gasteiger partial charge is 0.290 e. The van der Waals surface area contributed by atoms with Gasteiger partial charge in [-0.1, -0.05) is 13.8 Å². The van der Waals surface area contributed by atoms with Crippen LogP contribution in [0, 0.1) is 5.82 Å². The molecule has 1 N–H and O–H groups in total. The molecule has 1 aromatic carbocycles. The van der Waals surface area contributed by atoms with Gasteiger partial charge in [-0.05, 0) is 68.9 Å². The Hall–Kier alpha value is -3.26. The summed E-state index contributed by atoms with van der Waals surface area (Å²) in [5.41, 5.74) is 3.05. The van der Waals surface area contributed by atoms with E-state index in [0.717, 1.165) is 24.0 Å². The Kier molecular flexibility index (Phi) is 5.90. The summed E-state index contributed by atoms with van der Waals surface area (Å²) in [6.45, 7) is 8.77. The molecule has 8 heteroatoms. The van der Waals surface area contributed by atoms with Crippen LogP contribution in [0.15, 0.2) is 40.8 Å². The fraction of sp³-hybridized carbons (Fsp3) is 0.464. The van der Waals surface area contributed by atoms with Crippen LogP contribution in [-0.4, -0.2) is 63.0 Å². The van der Waals surface area contributed by atoms with Crippen molar-refractivity contribution in [3.05, 3.63) is 53.5 Å². The molecule has 2 aromatic heterocycles. The summed E-state index contributed by atoms with van der Waals surface area (Å²) in [6, 6.07) is 9.91. The van der Waals surface area contributed by atoms with Gasteiger partial charge in [0.15, 0.2) is 11.3 Å². The van der Waals surface area contributed by atoms with Gasteiger partial charge in [-0.25, -0.2) is 9.37 Å². The van der Waals surface area contributed by atoms with Crippen molar-refractivity contribution in [2.75, 3.05) is 19.6 Å².